The Morgan fingerprint density at radius 3 is 2.93 bits per heavy atom. The number of rotatable bonds is 9. The van der Waals surface area contributed by atoms with Crippen LogP contribution < -0.4 is 15.1 Å². The van der Waals surface area contributed by atoms with E-state index in [2.05, 4.69) is 5.32 Å². The number of ether oxygens (including phenoxy) is 1. The summed E-state index contributed by atoms with van der Waals surface area (Å²) >= 11 is 0. The lowest BCUT2D eigenvalue weighted by Gasteiger charge is -2.21. The van der Waals surface area contributed by atoms with E-state index in [1.165, 1.54) is 21.9 Å². The highest BCUT2D eigenvalue weighted by Crippen LogP contribution is 2.27. The van der Waals surface area contributed by atoms with Gasteiger partial charge in [0.1, 0.15) is 11.9 Å². The van der Waals surface area contributed by atoms with Crippen molar-refractivity contribution >= 4 is 23.8 Å². The predicted molar refractivity (Wildman–Crippen MR) is 97.6 cm³/mol. The number of aliphatic hydroxyl groups is 1. The molecule has 1 aromatic carbocycles. The van der Waals surface area contributed by atoms with E-state index in [4.69, 9.17) is 19.7 Å². The minimum Gasteiger partial charge on any atom is -0.472 e. The van der Waals surface area contributed by atoms with Crippen molar-refractivity contribution < 1.29 is 23.4 Å². The summed E-state index contributed by atoms with van der Waals surface area (Å²) in [5.74, 6) is -0.550. The Hall–Kier alpha value is -2.91. The highest BCUT2D eigenvalue weighted by molar-refractivity contribution is 5.90. The molecule has 0 aliphatic carbocycles. The zero-order chi connectivity index (χ0) is 19.2. The van der Waals surface area contributed by atoms with Crippen LogP contribution in [0.5, 0.6) is 0 Å². The molecule has 1 fully saturated rings. The number of amides is 1. The largest absolute Gasteiger partial charge is 0.472 e. The number of nitrogens with one attached hydrogen (secondary N) is 2. The maximum absolute atomic E-state index is 14.6. The molecule has 2 aromatic rings. The van der Waals surface area contributed by atoms with Crippen molar-refractivity contribution in [1.82, 2.24) is 5.32 Å². The van der Waals surface area contributed by atoms with Crippen LogP contribution in [0.4, 0.5) is 20.6 Å². The number of furan rings is 1. The third-order valence-electron chi connectivity index (χ3n) is 4.22. The molecule has 1 aliphatic rings. The quantitative estimate of drug-likeness (QED) is 0.351. The standard InChI is InChI=1S/C18H21FN4O4/c19-16-7-14(23-9-15(10-24)27-18(23)25)1-2-17(16)22(12-20)5-4-21-8-13-3-6-26-11-13/h1-3,6-7,11-12,15,20-21,24H,4-5,8-10H2. The normalized spacial score (nSPS) is 16.4. The number of anilines is 2. The van der Waals surface area contributed by atoms with Crippen LogP contribution in [0.1, 0.15) is 5.56 Å². The summed E-state index contributed by atoms with van der Waals surface area (Å²) in [6.45, 7) is 1.44. The molecule has 3 rings (SSSR count). The van der Waals surface area contributed by atoms with Crippen molar-refractivity contribution in [3.05, 3.63) is 48.2 Å². The van der Waals surface area contributed by atoms with Gasteiger partial charge in [0.25, 0.3) is 0 Å². The maximum atomic E-state index is 14.6. The van der Waals surface area contributed by atoms with Crippen molar-refractivity contribution in [2.24, 2.45) is 0 Å². The Balaban J connectivity index is 1.61. The van der Waals surface area contributed by atoms with E-state index in [0.717, 1.165) is 11.9 Å². The van der Waals surface area contributed by atoms with Crippen LogP contribution in [0.3, 0.4) is 0 Å². The molecule has 1 aliphatic heterocycles. The lowest BCUT2D eigenvalue weighted by atomic mass is 10.2. The van der Waals surface area contributed by atoms with Crippen molar-refractivity contribution in [3.8, 4) is 0 Å². The van der Waals surface area contributed by atoms with Gasteiger partial charge in [0.05, 0.1) is 43.4 Å². The molecular weight excluding hydrogens is 355 g/mol. The molecular formula is C18H21FN4O4. The number of cyclic esters (lactones) is 1. The van der Waals surface area contributed by atoms with Crippen LogP contribution in [0.15, 0.2) is 41.2 Å². The molecule has 1 amide bonds. The minimum atomic E-state index is -0.617. The number of nitrogens with zero attached hydrogens (tertiary/aromatic N) is 2. The summed E-state index contributed by atoms with van der Waals surface area (Å²) in [4.78, 5) is 14.6. The minimum absolute atomic E-state index is 0.167. The van der Waals surface area contributed by atoms with Crippen LogP contribution >= 0.6 is 0 Å². The summed E-state index contributed by atoms with van der Waals surface area (Å²) in [6, 6.07) is 6.19. The van der Waals surface area contributed by atoms with Gasteiger partial charge < -0.3 is 24.5 Å². The first-order valence-electron chi connectivity index (χ1n) is 8.50. The van der Waals surface area contributed by atoms with E-state index in [9.17, 15) is 9.18 Å². The number of aliphatic hydroxyl groups excluding tert-OH is 1. The number of hydrogen-bond acceptors (Lipinski definition) is 6. The van der Waals surface area contributed by atoms with Gasteiger partial charge in [-0.3, -0.25) is 10.3 Å². The van der Waals surface area contributed by atoms with Crippen molar-refractivity contribution in [1.29, 1.82) is 5.41 Å². The average Bonchev–Trinajstić information content (AvgIpc) is 3.32. The molecule has 0 bridgehead atoms. The molecule has 144 valence electrons. The van der Waals surface area contributed by atoms with Crippen molar-refractivity contribution in [2.45, 2.75) is 12.6 Å². The van der Waals surface area contributed by atoms with E-state index >= 15 is 0 Å². The van der Waals surface area contributed by atoms with Gasteiger partial charge in [0.15, 0.2) is 0 Å². The fraction of sp³-hybridized carbons (Fsp3) is 0.333. The van der Waals surface area contributed by atoms with Gasteiger partial charge in [-0.05, 0) is 24.3 Å². The Morgan fingerprint density at radius 1 is 1.44 bits per heavy atom. The average molecular weight is 376 g/mol. The van der Waals surface area contributed by atoms with Gasteiger partial charge in [0, 0.05) is 25.2 Å². The Kier molecular flexibility index (Phi) is 6.05. The monoisotopic (exact) mass is 376 g/mol. The van der Waals surface area contributed by atoms with Gasteiger partial charge >= 0.3 is 6.09 Å². The van der Waals surface area contributed by atoms with Crippen LogP contribution in [0, 0.1) is 11.2 Å². The summed E-state index contributed by atoms with van der Waals surface area (Å²) in [7, 11) is 0. The fourth-order valence-electron chi connectivity index (χ4n) is 2.80. The van der Waals surface area contributed by atoms with Crippen molar-refractivity contribution in [2.75, 3.05) is 36.0 Å². The zero-order valence-electron chi connectivity index (χ0n) is 14.6. The fourth-order valence-corrected chi connectivity index (χ4v) is 2.80. The van der Waals surface area contributed by atoms with Crippen LogP contribution in [0.25, 0.3) is 0 Å². The third-order valence-corrected chi connectivity index (χ3v) is 4.22. The SMILES string of the molecule is N=CN(CCNCc1ccoc1)c1ccc(N2CC(CO)OC2=O)cc1F. The zero-order valence-corrected chi connectivity index (χ0v) is 14.6. The molecule has 9 heteroatoms. The molecule has 0 radical (unpaired) electrons. The molecule has 3 N–H and O–H groups in total. The van der Waals surface area contributed by atoms with E-state index < -0.39 is 18.0 Å². The molecule has 27 heavy (non-hydrogen) atoms. The van der Waals surface area contributed by atoms with Crippen LogP contribution in [-0.4, -0.2) is 49.9 Å². The van der Waals surface area contributed by atoms with E-state index in [-0.39, 0.29) is 18.8 Å². The number of carbonyl (C=O) groups excluding carboxylic acids is 1. The second-order valence-corrected chi connectivity index (χ2v) is 6.07. The van der Waals surface area contributed by atoms with E-state index in [1.807, 2.05) is 6.07 Å². The molecule has 2 heterocycles. The third kappa shape index (κ3) is 4.44. The summed E-state index contributed by atoms with van der Waals surface area (Å²) in [5.41, 5.74) is 1.59. The molecule has 0 spiro atoms. The lowest BCUT2D eigenvalue weighted by molar-refractivity contribution is 0.0963. The molecule has 1 atom stereocenters. The molecule has 1 unspecified atom stereocenters. The topological polar surface area (TPSA) is 102 Å². The molecule has 1 aromatic heterocycles. The van der Waals surface area contributed by atoms with Crippen LogP contribution in [0.2, 0.25) is 0 Å². The number of carbonyl (C=O) groups is 1. The maximum Gasteiger partial charge on any atom is 0.414 e. The van der Waals surface area contributed by atoms with Gasteiger partial charge in [-0.1, -0.05) is 0 Å². The first-order valence-corrected chi connectivity index (χ1v) is 8.50. The Labute approximate surface area is 155 Å². The summed E-state index contributed by atoms with van der Waals surface area (Å²) < 4.78 is 24.5. The van der Waals surface area contributed by atoms with Gasteiger partial charge in [0.2, 0.25) is 0 Å². The summed E-state index contributed by atoms with van der Waals surface area (Å²) in [6.07, 6.45) is 3.07. The highest BCUT2D eigenvalue weighted by atomic mass is 19.1. The highest BCUT2D eigenvalue weighted by Gasteiger charge is 2.32. The number of benzene rings is 1. The molecule has 0 saturated carbocycles. The molecule has 8 nitrogen and oxygen atoms in total. The predicted octanol–water partition coefficient (Wildman–Crippen LogP) is 1.94. The van der Waals surface area contributed by atoms with Crippen molar-refractivity contribution in [3.63, 3.8) is 0 Å². The lowest BCUT2D eigenvalue weighted by Crippen LogP contribution is -2.31. The second-order valence-electron chi connectivity index (χ2n) is 6.07. The Morgan fingerprint density at radius 2 is 2.30 bits per heavy atom. The first-order chi connectivity index (χ1) is 13.1. The van der Waals surface area contributed by atoms with Crippen LogP contribution in [-0.2, 0) is 11.3 Å². The summed E-state index contributed by atoms with van der Waals surface area (Å²) in [5, 5.41) is 19.8. The smallest absolute Gasteiger partial charge is 0.414 e. The Bertz CT molecular complexity index is 784. The van der Waals surface area contributed by atoms with Gasteiger partial charge in [-0.2, -0.15) is 0 Å². The number of hydrogen-bond donors (Lipinski definition) is 3. The number of halogens is 1. The molecule has 1 saturated heterocycles. The first kappa shape index (κ1) is 18.9. The van der Waals surface area contributed by atoms with Gasteiger partial charge in [-0.25, -0.2) is 9.18 Å². The van der Waals surface area contributed by atoms with Gasteiger partial charge in [-0.15, -0.1) is 0 Å². The second kappa shape index (κ2) is 8.65. The van der Waals surface area contributed by atoms with E-state index in [0.29, 0.717) is 25.3 Å². The van der Waals surface area contributed by atoms with E-state index in [1.54, 1.807) is 18.6 Å².